The number of carbonyl (C=O) groups is 1. The first-order valence-corrected chi connectivity index (χ1v) is 7.57. The summed E-state index contributed by atoms with van der Waals surface area (Å²) in [7, 11) is -4.49. The molecule has 1 rings (SSSR count). The Balaban J connectivity index is 3.00. The molecular formula is C10H17F3N2O4S. The molecule has 1 saturated heterocycles. The standard InChI is InChI=1S/C10H17F3N2O4S/c1-2-4-9(8(16)17)5-3-6-15(9)20(18,19)14-7-10(11,12)13/h14H,2-7H2,1H3,(H,16,17). The van der Waals surface area contributed by atoms with Crippen molar-refractivity contribution in [1.29, 1.82) is 0 Å². The summed E-state index contributed by atoms with van der Waals surface area (Å²) in [6, 6.07) is 0. The van der Waals surface area contributed by atoms with Gasteiger partial charge in [0.15, 0.2) is 0 Å². The highest BCUT2D eigenvalue weighted by atomic mass is 32.2. The van der Waals surface area contributed by atoms with Gasteiger partial charge in [0, 0.05) is 6.54 Å². The third-order valence-electron chi connectivity index (χ3n) is 3.24. The Kier molecular flexibility index (Phi) is 5.03. The Morgan fingerprint density at radius 3 is 2.50 bits per heavy atom. The van der Waals surface area contributed by atoms with Crippen molar-refractivity contribution in [3.05, 3.63) is 0 Å². The number of hydrogen-bond donors (Lipinski definition) is 2. The van der Waals surface area contributed by atoms with E-state index in [-0.39, 0.29) is 19.4 Å². The summed E-state index contributed by atoms with van der Waals surface area (Å²) >= 11 is 0. The van der Waals surface area contributed by atoms with Crippen LogP contribution in [0.4, 0.5) is 13.2 Å². The first-order chi connectivity index (χ1) is 9.05. The van der Waals surface area contributed by atoms with E-state index < -0.39 is 34.4 Å². The average Bonchev–Trinajstić information content (AvgIpc) is 2.72. The Morgan fingerprint density at radius 1 is 1.45 bits per heavy atom. The topological polar surface area (TPSA) is 86.7 Å². The van der Waals surface area contributed by atoms with Crippen LogP contribution in [0.3, 0.4) is 0 Å². The van der Waals surface area contributed by atoms with E-state index in [4.69, 9.17) is 0 Å². The molecule has 0 aromatic carbocycles. The van der Waals surface area contributed by atoms with Crippen LogP contribution in [-0.2, 0) is 15.0 Å². The summed E-state index contributed by atoms with van der Waals surface area (Å²) in [5.74, 6) is -1.32. The number of alkyl halides is 3. The minimum absolute atomic E-state index is 0.0647. The maximum Gasteiger partial charge on any atom is 0.402 e. The summed E-state index contributed by atoms with van der Waals surface area (Å²) in [5.41, 5.74) is -1.65. The fourth-order valence-corrected chi connectivity index (χ4v) is 4.03. The Bertz CT molecular complexity index is 466. The van der Waals surface area contributed by atoms with E-state index in [0.29, 0.717) is 17.1 Å². The normalized spacial score (nSPS) is 25.0. The molecule has 1 fully saturated rings. The maximum absolute atomic E-state index is 12.1. The van der Waals surface area contributed by atoms with E-state index in [9.17, 15) is 31.5 Å². The van der Waals surface area contributed by atoms with Gasteiger partial charge >= 0.3 is 12.1 Å². The van der Waals surface area contributed by atoms with Gasteiger partial charge in [-0.3, -0.25) is 4.79 Å². The third-order valence-corrected chi connectivity index (χ3v) is 4.86. The zero-order valence-electron chi connectivity index (χ0n) is 10.9. The van der Waals surface area contributed by atoms with Crippen LogP contribution in [0, 0.1) is 0 Å². The molecular weight excluding hydrogens is 301 g/mol. The first-order valence-electron chi connectivity index (χ1n) is 6.13. The molecule has 1 aliphatic rings. The number of carboxylic acid groups (broad SMARTS) is 1. The van der Waals surface area contributed by atoms with Crippen LogP contribution >= 0.6 is 0 Å². The lowest BCUT2D eigenvalue weighted by molar-refractivity contribution is -0.147. The van der Waals surface area contributed by atoms with Gasteiger partial charge in [-0.05, 0) is 19.3 Å². The molecule has 1 heterocycles. The molecule has 20 heavy (non-hydrogen) atoms. The Hall–Kier alpha value is -0.870. The zero-order chi connectivity index (χ0) is 15.6. The molecule has 118 valence electrons. The van der Waals surface area contributed by atoms with Gasteiger partial charge in [-0.25, -0.2) is 0 Å². The van der Waals surface area contributed by atoms with Gasteiger partial charge in [-0.2, -0.15) is 30.6 Å². The van der Waals surface area contributed by atoms with Crippen molar-refractivity contribution in [3.63, 3.8) is 0 Å². The van der Waals surface area contributed by atoms with E-state index in [1.165, 1.54) is 4.72 Å². The molecule has 2 N–H and O–H groups in total. The lowest BCUT2D eigenvalue weighted by atomic mass is 9.92. The van der Waals surface area contributed by atoms with Crippen LogP contribution in [0.2, 0.25) is 0 Å². The smallest absolute Gasteiger partial charge is 0.402 e. The molecule has 1 unspecified atom stereocenters. The molecule has 0 saturated carbocycles. The van der Waals surface area contributed by atoms with Crippen molar-refractivity contribution in [2.75, 3.05) is 13.1 Å². The van der Waals surface area contributed by atoms with Crippen molar-refractivity contribution < 1.29 is 31.5 Å². The predicted molar refractivity (Wildman–Crippen MR) is 64.2 cm³/mol. The van der Waals surface area contributed by atoms with Crippen LogP contribution < -0.4 is 4.72 Å². The second-order valence-electron chi connectivity index (χ2n) is 4.70. The van der Waals surface area contributed by atoms with E-state index in [1.807, 2.05) is 0 Å². The largest absolute Gasteiger partial charge is 0.480 e. The number of aliphatic carboxylic acids is 1. The summed E-state index contributed by atoms with van der Waals surface area (Å²) in [4.78, 5) is 11.4. The molecule has 10 heteroatoms. The number of nitrogens with one attached hydrogen (secondary N) is 1. The lowest BCUT2D eigenvalue weighted by Crippen LogP contribution is -2.56. The van der Waals surface area contributed by atoms with Crippen LogP contribution in [-0.4, -0.2) is 48.6 Å². The van der Waals surface area contributed by atoms with Crippen LogP contribution in [0.25, 0.3) is 0 Å². The predicted octanol–water partition coefficient (Wildman–Crippen LogP) is 1.10. The summed E-state index contributed by atoms with van der Waals surface area (Å²) in [5, 5.41) is 9.30. The van der Waals surface area contributed by atoms with Crippen molar-refractivity contribution in [2.24, 2.45) is 0 Å². The number of halogens is 3. The van der Waals surface area contributed by atoms with E-state index in [2.05, 4.69) is 0 Å². The minimum atomic E-state index is -4.69. The lowest BCUT2D eigenvalue weighted by Gasteiger charge is -2.33. The summed E-state index contributed by atoms with van der Waals surface area (Å²) in [6.45, 7) is -0.121. The van der Waals surface area contributed by atoms with Gasteiger partial charge in [-0.1, -0.05) is 13.3 Å². The zero-order valence-corrected chi connectivity index (χ0v) is 11.7. The Morgan fingerprint density at radius 2 is 2.05 bits per heavy atom. The molecule has 0 aromatic heterocycles. The van der Waals surface area contributed by atoms with Crippen molar-refractivity contribution in [2.45, 2.75) is 44.3 Å². The molecule has 0 amide bonds. The monoisotopic (exact) mass is 318 g/mol. The van der Waals surface area contributed by atoms with Crippen molar-refractivity contribution in [1.82, 2.24) is 9.03 Å². The number of hydrogen-bond acceptors (Lipinski definition) is 3. The van der Waals surface area contributed by atoms with Gasteiger partial charge < -0.3 is 5.11 Å². The molecule has 1 atom stereocenters. The highest BCUT2D eigenvalue weighted by Gasteiger charge is 2.52. The summed E-state index contributed by atoms with van der Waals surface area (Å²) < 4.78 is 62.3. The number of nitrogens with zero attached hydrogens (tertiary/aromatic N) is 1. The second-order valence-corrected chi connectivity index (χ2v) is 6.38. The van der Waals surface area contributed by atoms with E-state index in [1.54, 1.807) is 6.92 Å². The number of rotatable bonds is 6. The molecule has 0 aliphatic carbocycles. The highest BCUT2D eigenvalue weighted by molar-refractivity contribution is 7.87. The van der Waals surface area contributed by atoms with Crippen molar-refractivity contribution in [3.8, 4) is 0 Å². The molecule has 0 aromatic rings. The van der Waals surface area contributed by atoms with Gasteiger partial charge in [0.2, 0.25) is 0 Å². The maximum atomic E-state index is 12.1. The molecule has 0 bridgehead atoms. The van der Waals surface area contributed by atoms with Gasteiger partial charge in [0.25, 0.3) is 10.2 Å². The van der Waals surface area contributed by atoms with E-state index >= 15 is 0 Å². The number of carboxylic acids is 1. The van der Waals surface area contributed by atoms with Gasteiger partial charge in [0.05, 0.1) is 0 Å². The summed E-state index contributed by atoms with van der Waals surface area (Å²) in [6.07, 6.45) is -3.81. The SMILES string of the molecule is CCCC1(C(=O)O)CCCN1S(=O)(=O)NCC(F)(F)F. The third kappa shape index (κ3) is 3.61. The second kappa shape index (κ2) is 5.86. The molecule has 0 radical (unpaired) electrons. The van der Waals surface area contributed by atoms with Gasteiger partial charge in [0.1, 0.15) is 12.1 Å². The minimum Gasteiger partial charge on any atom is -0.480 e. The van der Waals surface area contributed by atoms with Gasteiger partial charge in [-0.15, -0.1) is 0 Å². The van der Waals surface area contributed by atoms with Crippen LogP contribution in [0.1, 0.15) is 32.6 Å². The molecule has 1 aliphatic heterocycles. The Labute approximate surface area is 115 Å². The fourth-order valence-electron chi connectivity index (χ4n) is 2.44. The van der Waals surface area contributed by atoms with E-state index in [0.717, 1.165) is 0 Å². The van der Waals surface area contributed by atoms with Crippen LogP contribution in [0.5, 0.6) is 0 Å². The average molecular weight is 318 g/mol. The molecule has 0 spiro atoms. The fraction of sp³-hybridized carbons (Fsp3) is 0.900. The first kappa shape index (κ1) is 17.2. The highest BCUT2D eigenvalue weighted by Crippen LogP contribution is 2.36. The van der Waals surface area contributed by atoms with Crippen LogP contribution in [0.15, 0.2) is 0 Å². The molecule has 6 nitrogen and oxygen atoms in total. The quantitative estimate of drug-likeness (QED) is 0.768. The van der Waals surface area contributed by atoms with Crippen molar-refractivity contribution >= 4 is 16.2 Å².